The number of amides is 2. The first-order chi connectivity index (χ1) is 12.4. The minimum atomic E-state index is -1.00. The van der Waals surface area contributed by atoms with Crippen LogP contribution < -0.4 is 5.32 Å². The number of nitrogens with one attached hydrogen (secondary N) is 1. The van der Waals surface area contributed by atoms with Crippen LogP contribution in [0.4, 0.5) is 0 Å². The van der Waals surface area contributed by atoms with Crippen molar-refractivity contribution >= 4 is 34.7 Å². The van der Waals surface area contributed by atoms with Crippen molar-refractivity contribution in [1.29, 1.82) is 0 Å². The van der Waals surface area contributed by atoms with E-state index in [0.717, 1.165) is 11.8 Å². The molecule has 0 saturated carbocycles. The van der Waals surface area contributed by atoms with Crippen LogP contribution in [0.2, 0.25) is 0 Å². The smallest absolute Gasteiger partial charge is 0.330 e. The molecular formula is C18H24N2O5S. The second kappa shape index (κ2) is 11.3. The number of ether oxygens (including phenoxy) is 1. The van der Waals surface area contributed by atoms with Crippen LogP contribution in [0.5, 0.6) is 0 Å². The van der Waals surface area contributed by atoms with Crippen LogP contribution in [-0.2, 0) is 19.1 Å². The topological polar surface area (TPSA) is 92.8 Å². The summed E-state index contributed by atoms with van der Waals surface area (Å²) in [6.07, 6.45) is 0. The van der Waals surface area contributed by atoms with E-state index in [-0.39, 0.29) is 16.8 Å². The third-order valence-electron chi connectivity index (χ3n) is 3.51. The van der Waals surface area contributed by atoms with E-state index in [2.05, 4.69) is 5.32 Å². The van der Waals surface area contributed by atoms with Crippen molar-refractivity contribution in [2.24, 2.45) is 0 Å². The Bertz CT molecular complexity index is 632. The van der Waals surface area contributed by atoms with Gasteiger partial charge in [-0.05, 0) is 13.8 Å². The predicted octanol–water partition coefficient (Wildman–Crippen LogP) is 1.48. The van der Waals surface area contributed by atoms with Gasteiger partial charge in [-0.15, -0.1) is 0 Å². The van der Waals surface area contributed by atoms with Crippen LogP contribution in [0.25, 0.3) is 0 Å². The zero-order chi connectivity index (χ0) is 19.5. The summed E-state index contributed by atoms with van der Waals surface area (Å²) in [5, 5.41) is 2.24. The van der Waals surface area contributed by atoms with Gasteiger partial charge in [0, 0.05) is 31.3 Å². The molecule has 0 aromatic heterocycles. The number of rotatable bonds is 9. The van der Waals surface area contributed by atoms with Gasteiger partial charge in [-0.3, -0.25) is 14.4 Å². The molecule has 1 aromatic carbocycles. The molecule has 0 aliphatic heterocycles. The van der Waals surface area contributed by atoms with Crippen LogP contribution in [-0.4, -0.2) is 59.3 Å². The SMILES string of the molecule is CCN(CC)C(=O)COC(=O)[C@H](CSC(=O)c1ccccc1)NC(C)=O. The Morgan fingerprint density at radius 1 is 1.12 bits per heavy atom. The summed E-state index contributed by atoms with van der Waals surface area (Å²) in [5.41, 5.74) is 0.504. The van der Waals surface area contributed by atoms with E-state index in [9.17, 15) is 19.2 Å². The van der Waals surface area contributed by atoms with Crippen molar-refractivity contribution in [3.63, 3.8) is 0 Å². The highest BCUT2D eigenvalue weighted by Crippen LogP contribution is 2.14. The Hall–Kier alpha value is -2.35. The molecule has 0 aliphatic rings. The average Bonchev–Trinajstić information content (AvgIpc) is 2.64. The number of esters is 1. The number of carbonyl (C=O) groups is 4. The maximum absolute atomic E-state index is 12.2. The Labute approximate surface area is 157 Å². The Morgan fingerprint density at radius 2 is 1.73 bits per heavy atom. The van der Waals surface area contributed by atoms with Gasteiger partial charge in [0.25, 0.3) is 5.91 Å². The first kappa shape index (κ1) is 21.7. The minimum absolute atomic E-state index is 0.0194. The number of likely N-dealkylation sites (N-methyl/N-ethyl adjacent to an activating group) is 1. The first-order valence-corrected chi connectivity index (χ1v) is 9.31. The van der Waals surface area contributed by atoms with Gasteiger partial charge in [-0.2, -0.15) is 0 Å². The van der Waals surface area contributed by atoms with Gasteiger partial charge in [0.05, 0.1) is 0 Å². The van der Waals surface area contributed by atoms with Crippen molar-refractivity contribution in [3.8, 4) is 0 Å². The third-order valence-corrected chi connectivity index (χ3v) is 4.50. The summed E-state index contributed by atoms with van der Waals surface area (Å²) in [6, 6.07) is 7.62. The van der Waals surface area contributed by atoms with E-state index < -0.39 is 24.5 Å². The number of benzene rings is 1. The van der Waals surface area contributed by atoms with E-state index >= 15 is 0 Å². The third kappa shape index (κ3) is 7.26. The fourth-order valence-electron chi connectivity index (χ4n) is 2.13. The summed E-state index contributed by atoms with van der Waals surface area (Å²) < 4.78 is 5.02. The van der Waals surface area contributed by atoms with E-state index in [4.69, 9.17) is 4.74 Å². The standard InChI is InChI=1S/C18H24N2O5S/c1-4-20(5-2)16(22)11-25-17(23)15(19-13(3)21)12-26-18(24)14-9-7-6-8-10-14/h6-10,15H,4-5,11-12H2,1-3H3,(H,19,21)/t15-/m0/s1. The molecule has 1 rings (SSSR count). The maximum Gasteiger partial charge on any atom is 0.330 e. The average molecular weight is 380 g/mol. The predicted molar refractivity (Wildman–Crippen MR) is 99.7 cm³/mol. The number of hydrogen-bond acceptors (Lipinski definition) is 6. The highest BCUT2D eigenvalue weighted by Gasteiger charge is 2.24. The van der Waals surface area contributed by atoms with Crippen molar-refractivity contribution < 1.29 is 23.9 Å². The normalized spacial score (nSPS) is 11.3. The molecule has 0 saturated heterocycles. The van der Waals surface area contributed by atoms with Crippen molar-refractivity contribution in [2.45, 2.75) is 26.8 Å². The molecule has 1 N–H and O–H groups in total. The van der Waals surface area contributed by atoms with E-state index in [0.29, 0.717) is 18.7 Å². The van der Waals surface area contributed by atoms with Crippen LogP contribution >= 0.6 is 11.8 Å². The van der Waals surface area contributed by atoms with Gasteiger partial charge in [-0.25, -0.2) is 4.79 Å². The molecular weight excluding hydrogens is 356 g/mol. The summed E-state index contributed by atoms with van der Waals surface area (Å²) in [6.45, 7) is 5.57. The molecule has 0 unspecified atom stereocenters. The first-order valence-electron chi connectivity index (χ1n) is 8.32. The molecule has 0 spiro atoms. The van der Waals surface area contributed by atoms with Crippen LogP contribution in [0.1, 0.15) is 31.1 Å². The molecule has 0 heterocycles. The summed E-state index contributed by atoms with van der Waals surface area (Å²) in [4.78, 5) is 49.1. The van der Waals surface area contributed by atoms with Crippen molar-refractivity contribution in [1.82, 2.24) is 10.2 Å². The zero-order valence-electron chi connectivity index (χ0n) is 15.2. The van der Waals surface area contributed by atoms with Crippen molar-refractivity contribution in [3.05, 3.63) is 35.9 Å². The van der Waals surface area contributed by atoms with E-state index in [1.165, 1.54) is 11.8 Å². The Kier molecular flexibility index (Phi) is 9.43. The van der Waals surface area contributed by atoms with Crippen molar-refractivity contribution in [2.75, 3.05) is 25.4 Å². The fourth-order valence-corrected chi connectivity index (χ4v) is 2.97. The lowest BCUT2D eigenvalue weighted by Gasteiger charge is -2.20. The molecule has 0 radical (unpaired) electrons. The van der Waals surface area contributed by atoms with Crippen LogP contribution in [0, 0.1) is 0 Å². The monoisotopic (exact) mass is 380 g/mol. The number of carbonyl (C=O) groups excluding carboxylic acids is 4. The molecule has 0 fully saturated rings. The van der Waals surface area contributed by atoms with Crippen LogP contribution in [0.3, 0.4) is 0 Å². The van der Waals surface area contributed by atoms with Crippen LogP contribution in [0.15, 0.2) is 30.3 Å². The Balaban J connectivity index is 2.62. The van der Waals surface area contributed by atoms with E-state index in [1.807, 2.05) is 13.8 Å². The highest BCUT2D eigenvalue weighted by molar-refractivity contribution is 8.14. The van der Waals surface area contributed by atoms with Gasteiger partial charge >= 0.3 is 5.97 Å². The molecule has 1 atom stereocenters. The lowest BCUT2D eigenvalue weighted by Crippen LogP contribution is -2.44. The van der Waals surface area contributed by atoms with Gasteiger partial charge in [-0.1, -0.05) is 42.1 Å². The second-order valence-corrected chi connectivity index (χ2v) is 6.38. The largest absolute Gasteiger partial charge is 0.454 e. The lowest BCUT2D eigenvalue weighted by atomic mass is 10.2. The number of thioether (sulfide) groups is 1. The van der Waals surface area contributed by atoms with Gasteiger partial charge in [0.1, 0.15) is 6.04 Å². The summed E-state index contributed by atoms with van der Waals surface area (Å²) in [7, 11) is 0. The molecule has 1 aromatic rings. The van der Waals surface area contributed by atoms with E-state index in [1.54, 1.807) is 30.3 Å². The summed E-state index contributed by atoms with van der Waals surface area (Å²) >= 11 is 0.908. The van der Waals surface area contributed by atoms with Gasteiger partial charge in [0.2, 0.25) is 11.0 Å². The number of nitrogens with zero attached hydrogens (tertiary/aromatic N) is 1. The molecule has 0 bridgehead atoms. The highest BCUT2D eigenvalue weighted by atomic mass is 32.2. The molecule has 7 nitrogen and oxygen atoms in total. The molecule has 0 aliphatic carbocycles. The molecule has 26 heavy (non-hydrogen) atoms. The Morgan fingerprint density at radius 3 is 2.27 bits per heavy atom. The molecule has 142 valence electrons. The van der Waals surface area contributed by atoms with Gasteiger partial charge < -0.3 is 15.0 Å². The zero-order valence-corrected chi connectivity index (χ0v) is 16.0. The van der Waals surface area contributed by atoms with Gasteiger partial charge in [0.15, 0.2) is 6.61 Å². The second-order valence-electron chi connectivity index (χ2n) is 5.39. The molecule has 8 heteroatoms. The number of hydrogen-bond donors (Lipinski definition) is 1. The minimum Gasteiger partial charge on any atom is -0.454 e. The quantitative estimate of drug-likeness (QED) is 0.652. The maximum atomic E-state index is 12.2. The lowest BCUT2D eigenvalue weighted by molar-refractivity contribution is -0.153. The molecule has 2 amide bonds. The summed E-state index contributed by atoms with van der Waals surface area (Å²) in [5.74, 6) is -1.45. The fraction of sp³-hybridized carbons (Fsp3) is 0.444.